The van der Waals surface area contributed by atoms with Crippen LogP contribution in [0.15, 0.2) is 47.1 Å². The van der Waals surface area contributed by atoms with Gasteiger partial charge in [-0.1, -0.05) is 28.9 Å². The second kappa shape index (κ2) is 5.48. The molecule has 0 spiro atoms. The molecule has 2 aromatic carbocycles. The Morgan fingerprint density at radius 1 is 1.22 bits per heavy atom. The van der Waals surface area contributed by atoms with Crippen LogP contribution in [0.4, 0.5) is 4.39 Å². The fraction of sp³-hybridized carbons (Fsp3) is 0.0625. The Bertz CT molecular complexity index is 995. The number of hydrogen-bond acceptors (Lipinski definition) is 4. The van der Waals surface area contributed by atoms with E-state index in [0.717, 1.165) is 22.0 Å². The van der Waals surface area contributed by atoms with Crippen molar-refractivity contribution in [3.8, 4) is 11.5 Å². The molecule has 23 heavy (non-hydrogen) atoms. The second-order valence-electron chi connectivity index (χ2n) is 5.07. The Kier molecular flexibility index (Phi) is 3.31. The van der Waals surface area contributed by atoms with Crippen LogP contribution < -0.4 is 0 Å². The molecule has 0 fully saturated rings. The van der Waals surface area contributed by atoms with Crippen molar-refractivity contribution >= 4 is 22.5 Å². The maximum Gasteiger partial charge on any atom is 0.258 e. The van der Waals surface area contributed by atoms with Crippen molar-refractivity contribution in [2.75, 3.05) is 0 Å². The fourth-order valence-electron chi connectivity index (χ4n) is 2.43. The summed E-state index contributed by atoms with van der Waals surface area (Å²) in [4.78, 5) is 4.40. The Morgan fingerprint density at radius 2 is 2.13 bits per heavy atom. The normalized spacial score (nSPS) is 11.2. The summed E-state index contributed by atoms with van der Waals surface area (Å²) in [7, 11) is 0. The van der Waals surface area contributed by atoms with Crippen molar-refractivity contribution in [1.29, 1.82) is 0 Å². The molecule has 7 heteroatoms. The summed E-state index contributed by atoms with van der Waals surface area (Å²) in [5.41, 5.74) is 2.44. The van der Waals surface area contributed by atoms with Crippen molar-refractivity contribution in [2.24, 2.45) is 0 Å². The van der Waals surface area contributed by atoms with Crippen molar-refractivity contribution < 1.29 is 8.91 Å². The lowest BCUT2D eigenvalue weighted by atomic mass is 10.1. The lowest BCUT2D eigenvalue weighted by Gasteiger charge is -2.00. The van der Waals surface area contributed by atoms with Crippen LogP contribution >= 0.6 is 11.6 Å². The van der Waals surface area contributed by atoms with Gasteiger partial charge < -0.3 is 4.52 Å². The van der Waals surface area contributed by atoms with Crippen LogP contribution in [0.25, 0.3) is 22.4 Å². The molecule has 0 amide bonds. The first-order chi connectivity index (χ1) is 11.2. The monoisotopic (exact) mass is 328 g/mol. The van der Waals surface area contributed by atoms with E-state index in [1.165, 1.54) is 12.1 Å². The highest BCUT2D eigenvalue weighted by Crippen LogP contribution is 2.27. The van der Waals surface area contributed by atoms with Crippen molar-refractivity contribution in [1.82, 2.24) is 20.3 Å². The van der Waals surface area contributed by atoms with E-state index in [4.69, 9.17) is 16.1 Å². The topological polar surface area (TPSA) is 67.6 Å². The average molecular weight is 329 g/mol. The third-order valence-electron chi connectivity index (χ3n) is 3.55. The highest BCUT2D eigenvalue weighted by molar-refractivity contribution is 6.31. The summed E-state index contributed by atoms with van der Waals surface area (Å²) in [5, 5.41) is 12.1. The summed E-state index contributed by atoms with van der Waals surface area (Å²) in [5.74, 6) is 0.512. The van der Waals surface area contributed by atoms with Crippen LogP contribution in [0.5, 0.6) is 0 Å². The van der Waals surface area contributed by atoms with Gasteiger partial charge in [-0.15, -0.1) is 0 Å². The quantitative estimate of drug-likeness (QED) is 0.617. The molecule has 4 aromatic rings. The third-order valence-corrected chi connectivity index (χ3v) is 3.90. The molecular weight excluding hydrogens is 319 g/mol. The third kappa shape index (κ3) is 2.57. The predicted octanol–water partition coefficient (Wildman–Crippen LogP) is 4.00. The lowest BCUT2D eigenvalue weighted by molar-refractivity contribution is 0.424. The molecule has 0 aliphatic carbocycles. The summed E-state index contributed by atoms with van der Waals surface area (Å²) in [6, 6.07) is 9.93. The Hall–Kier alpha value is -2.73. The van der Waals surface area contributed by atoms with E-state index in [-0.39, 0.29) is 5.82 Å². The number of nitrogens with one attached hydrogen (secondary N) is 1. The van der Waals surface area contributed by atoms with Crippen LogP contribution in [-0.2, 0) is 6.42 Å². The van der Waals surface area contributed by atoms with Gasteiger partial charge in [-0.3, -0.25) is 5.10 Å². The number of halogens is 2. The summed E-state index contributed by atoms with van der Waals surface area (Å²) in [6.45, 7) is 0. The molecular formula is C16H10ClFN4O. The van der Waals surface area contributed by atoms with Crippen LogP contribution in [0.1, 0.15) is 11.4 Å². The molecule has 0 aliphatic heterocycles. The molecule has 5 nitrogen and oxygen atoms in total. The van der Waals surface area contributed by atoms with Gasteiger partial charge >= 0.3 is 0 Å². The van der Waals surface area contributed by atoms with Crippen molar-refractivity contribution in [2.45, 2.75) is 6.42 Å². The number of fused-ring (bicyclic) bond motifs is 1. The standard InChI is InChI=1S/C16H10ClFN4O/c17-13-7-10(18)5-4-9(13)6-15-20-16(23-22-15)11-2-1-3-14-12(11)8-19-21-14/h1-5,7-8H,6H2,(H,19,21). The van der Waals surface area contributed by atoms with Gasteiger partial charge in [0, 0.05) is 16.8 Å². The SMILES string of the molecule is Fc1ccc(Cc2noc(-c3cccc4[nH]ncc34)n2)c(Cl)c1. The van der Waals surface area contributed by atoms with Crippen LogP contribution in [0, 0.1) is 5.82 Å². The average Bonchev–Trinajstić information content (AvgIpc) is 3.18. The first kappa shape index (κ1) is 13.9. The van der Waals surface area contributed by atoms with Gasteiger partial charge in [-0.2, -0.15) is 10.1 Å². The molecule has 0 atom stereocenters. The zero-order valence-corrected chi connectivity index (χ0v) is 12.5. The van der Waals surface area contributed by atoms with Gasteiger partial charge in [0.15, 0.2) is 5.82 Å². The molecule has 0 aliphatic rings. The van der Waals surface area contributed by atoms with Gasteiger partial charge in [0.25, 0.3) is 5.89 Å². The number of aromatic amines is 1. The maximum atomic E-state index is 13.1. The Labute approximate surface area is 135 Å². The van der Waals surface area contributed by atoms with Crippen LogP contribution in [0.2, 0.25) is 5.02 Å². The van der Waals surface area contributed by atoms with E-state index >= 15 is 0 Å². The first-order valence-corrected chi connectivity index (χ1v) is 7.27. The Morgan fingerprint density at radius 3 is 3.00 bits per heavy atom. The highest BCUT2D eigenvalue weighted by atomic mass is 35.5. The van der Waals surface area contributed by atoms with E-state index in [0.29, 0.717) is 23.2 Å². The maximum absolute atomic E-state index is 13.1. The molecule has 0 unspecified atom stereocenters. The van der Waals surface area contributed by atoms with Gasteiger partial charge in [-0.05, 0) is 29.8 Å². The zero-order chi connectivity index (χ0) is 15.8. The molecule has 0 bridgehead atoms. The minimum atomic E-state index is -0.376. The molecule has 0 radical (unpaired) electrons. The fourth-order valence-corrected chi connectivity index (χ4v) is 2.66. The number of H-pyrrole nitrogens is 1. The molecule has 1 N–H and O–H groups in total. The van der Waals surface area contributed by atoms with E-state index < -0.39 is 0 Å². The van der Waals surface area contributed by atoms with Crippen molar-refractivity contribution in [3.63, 3.8) is 0 Å². The number of rotatable bonds is 3. The minimum absolute atomic E-state index is 0.341. The second-order valence-corrected chi connectivity index (χ2v) is 5.47. The first-order valence-electron chi connectivity index (χ1n) is 6.90. The zero-order valence-electron chi connectivity index (χ0n) is 11.8. The molecule has 4 rings (SSSR count). The van der Waals surface area contributed by atoms with Crippen LogP contribution in [0.3, 0.4) is 0 Å². The number of hydrogen-bond donors (Lipinski definition) is 1. The van der Waals surface area contributed by atoms with Gasteiger partial charge in [0.2, 0.25) is 0 Å². The molecule has 2 heterocycles. The smallest absolute Gasteiger partial charge is 0.258 e. The van der Waals surface area contributed by atoms with E-state index in [9.17, 15) is 4.39 Å². The lowest BCUT2D eigenvalue weighted by Crippen LogP contribution is -1.92. The van der Waals surface area contributed by atoms with Gasteiger partial charge in [-0.25, -0.2) is 4.39 Å². The molecule has 0 saturated heterocycles. The summed E-state index contributed by atoms with van der Waals surface area (Å²) >= 11 is 6.03. The molecule has 2 aromatic heterocycles. The largest absolute Gasteiger partial charge is 0.334 e. The summed E-state index contributed by atoms with van der Waals surface area (Å²) < 4.78 is 18.4. The van der Waals surface area contributed by atoms with E-state index in [1.54, 1.807) is 12.3 Å². The molecule has 0 saturated carbocycles. The minimum Gasteiger partial charge on any atom is -0.334 e. The predicted molar refractivity (Wildman–Crippen MR) is 83.6 cm³/mol. The number of nitrogens with zero attached hydrogens (tertiary/aromatic N) is 3. The van der Waals surface area contributed by atoms with Gasteiger partial charge in [0.05, 0.1) is 17.3 Å². The highest BCUT2D eigenvalue weighted by Gasteiger charge is 2.14. The van der Waals surface area contributed by atoms with Crippen molar-refractivity contribution in [3.05, 3.63) is 64.8 Å². The number of benzene rings is 2. The van der Waals surface area contributed by atoms with Gasteiger partial charge in [0.1, 0.15) is 5.82 Å². The number of aromatic nitrogens is 4. The van der Waals surface area contributed by atoms with E-state index in [2.05, 4.69) is 20.3 Å². The van der Waals surface area contributed by atoms with E-state index in [1.807, 2.05) is 18.2 Å². The summed E-state index contributed by atoms with van der Waals surface area (Å²) in [6.07, 6.45) is 2.08. The Balaban J connectivity index is 1.68. The van der Waals surface area contributed by atoms with Crippen LogP contribution in [-0.4, -0.2) is 20.3 Å². The molecule has 114 valence electrons.